The third-order valence-electron chi connectivity index (χ3n) is 3.95. The minimum atomic E-state index is 0.0846. The second kappa shape index (κ2) is 7.41. The van der Waals surface area contributed by atoms with Gasteiger partial charge in [0, 0.05) is 18.6 Å². The summed E-state index contributed by atoms with van der Waals surface area (Å²) in [6.45, 7) is 4.06. The third-order valence-corrected chi connectivity index (χ3v) is 3.95. The zero-order valence-corrected chi connectivity index (χ0v) is 12.2. The molecule has 0 aromatic heterocycles. The van der Waals surface area contributed by atoms with Crippen LogP contribution in [0.4, 0.5) is 0 Å². The maximum atomic E-state index is 12.1. The minimum Gasteiger partial charge on any atom is -0.351 e. The van der Waals surface area contributed by atoms with Crippen molar-refractivity contribution >= 4 is 5.91 Å². The van der Waals surface area contributed by atoms with Crippen LogP contribution in [0, 0.1) is 0 Å². The van der Waals surface area contributed by atoms with E-state index in [1.165, 1.54) is 6.42 Å². The van der Waals surface area contributed by atoms with Crippen molar-refractivity contribution in [1.29, 1.82) is 0 Å². The predicted molar refractivity (Wildman–Crippen MR) is 81.2 cm³/mol. The molecule has 0 aliphatic carbocycles. The van der Waals surface area contributed by atoms with Crippen LogP contribution in [0.15, 0.2) is 30.3 Å². The second-order valence-corrected chi connectivity index (χ2v) is 5.66. The van der Waals surface area contributed by atoms with Gasteiger partial charge in [0.05, 0.1) is 6.54 Å². The molecule has 1 heterocycles. The molecule has 1 saturated heterocycles. The fraction of sp³-hybridized carbons (Fsp3) is 0.562. The summed E-state index contributed by atoms with van der Waals surface area (Å²) < 4.78 is 0. The molecule has 0 spiro atoms. The lowest BCUT2D eigenvalue weighted by Crippen LogP contribution is -2.52. The zero-order valence-electron chi connectivity index (χ0n) is 12.2. The molecule has 4 heteroatoms. The van der Waals surface area contributed by atoms with Crippen molar-refractivity contribution in [1.82, 2.24) is 10.2 Å². The lowest BCUT2D eigenvalue weighted by molar-refractivity contribution is -0.123. The molecule has 4 nitrogen and oxygen atoms in total. The second-order valence-electron chi connectivity index (χ2n) is 5.66. The Kier molecular flexibility index (Phi) is 5.56. The summed E-state index contributed by atoms with van der Waals surface area (Å²) in [4.78, 5) is 14.3. The predicted octanol–water partition coefficient (Wildman–Crippen LogP) is 1.50. The van der Waals surface area contributed by atoms with Gasteiger partial charge in [0.25, 0.3) is 0 Å². The topological polar surface area (TPSA) is 58.4 Å². The van der Waals surface area contributed by atoms with Gasteiger partial charge in [0.15, 0.2) is 0 Å². The van der Waals surface area contributed by atoms with E-state index in [9.17, 15) is 4.79 Å². The normalized spacial score (nSPS) is 21.4. The standard InChI is InChI=1S/C16H25N3O/c1-13(17)15-9-5-6-10-19(15)12-16(20)18-11-14-7-3-2-4-8-14/h2-4,7-8,13,15H,5-6,9-12,17H2,1H3,(H,18,20). The first-order valence-corrected chi connectivity index (χ1v) is 7.47. The molecule has 0 bridgehead atoms. The molecule has 20 heavy (non-hydrogen) atoms. The van der Waals surface area contributed by atoms with Crippen LogP contribution < -0.4 is 11.1 Å². The van der Waals surface area contributed by atoms with Gasteiger partial charge >= 0.3 is 0 Å². The molecule has 1 amide bonds. The molecule has 1 fully saturated rings. The molecule has 0 saturated carbocycles. The van der Waals surface area contributed by atoms with Gasteiger partial charge in [0.2, 0.25) is 5.91 Å². The van der Waals surface area contributed by atoms with Gasteiger partial charge in [0.1, 0.15) is 0 Å². The summed E-state index contributed by atoms with van der Waals surface area (Å²) in [6, 6.07) is 10.4. The molecule has 0 radical (unpaired) electrons. The van der Waals surface area contributed by atoms with Crippen molar-refractivity contribution in [3.63, 3.8) is 0 Å². The molecule has 2 unspecified atom stereocenters. The minimum absolute atomic E-state index is 0.0846. The molecule has 1 aliphatic heterocycles. The number of carbonyl (C=O) groups excluding carboxylic acids is 1. The van der Waals surface area contributed by atoms with Crippen molar-refractivity contribution in [3.8, 4) is 0 Å². The molecule has 2 atom stereocenters. The summed E-state index contributed by atoms with van der Waals surface area (Å²) in [5.74, 6) is 0.0846. The molecule has 1 aromatic carbocycles. The van der Waals surface area contributed by atoms with E-state index < -0.39 is 0 Å². The molecule has 1 aliphatic rings. The summed E-state index contributed by atoms with van der Waals surface area (Å²) in [7, 11) is 0. The van der Waals surface area contributed by atoms with Gasteiger partial charge in [-0.3, -0.25) is 9.69 Å². The van der Waals surface area contributed by atoms with Crippen LogP contribution in [-0.4, -0.2) is 36.0 Å². The first-order valence-electron chi connectivity index (χ1n) is 7.47. The number of nitrogens with one attached hydrogen (secondary N) is 1. The zero-order chi connectivity index (χ0) is 14.4. The molecule has 110 valence electrons. The first kappa shape index (κ1) is 15.0. The number of hydrogen-bond acceptors (Lipinski definition) is 3. The quantitative estimate of drug-likeness (QED) is 0.856. The van der Waals surface area contributed by atoms with E-state index in [0.29, 0.717) is 19.1 Å². The van der Waals surface area contributed by atoms with E-state index in [-0.39, 0.29) is 11.9 Å². The Hall–Kier alpha value is -1.39. The fourth-order valence-corrected chi connectivity index (χ4v) is 2.85. The summed E-state index contributed by atoms with van der Waals surface area (Å²) in [5, 5.41) is 2.98. The van der Waals surface area contributed by atoms with Gasteiger partial charge in [-0.05, 0) is 31.9 Å². The molecular weight excluding hydrogens is 250 g/mol. The Labute approximate surface area is 121 Å². The molecule has 1 aromatic rings. The van der Waals surface area contributed by atoms with Crippen LogP contribution in [0.3, 0.4) is 0 Å². The van der Waals surface area contributed by atoms with Gasteiger partial charge < -0.3 is 11.1 Å². The average molecular weight is 275 g/mol. The van der Waals surface area contributed by atoms with Crippen molar-refractivity contribution in [2.45, 2.75) is 44.8 Å². The largest absolute Gasteiger partial charge is 0.351 e. The van der Waals surface area contributed by atoms with E-state index in [1.807, 2.05) is 37.3 Å². The first-order chi connectivity index (χ1) is 9.66. The number of piperidine rings is 1. The van der Waals surface area contributed by atoms with E-state index in [2.05, 4.69) is 10.2 Å². The van der Waals surface area contributed by atoms with Crippen LogP contribution in [0.1, 0.15) is 31.7 Å². The van der Waals surface area contributed by atoms with Crippen LogP contribution in [-0.2, 0) is 11.3 Å². The molecule has 2 rings (SSSR count). The highest BCUT2D eigenvalue weighted by atomic mass is 16.2. The van der Waals surface area contributed by atoms with Gasteiger partial charge in [-0.15, -0.1) is 0 Å². The summed E-state index contributed by atoms with van der Waals surface area (Å²) in [5.41, 5.74) is 7.15. The lowest BCUT2D eigenvalue weighted by Gasteiger charge is -2.37. The number of nitrogens with zero attached hydrogens (tertiary/aromatic N) is 1. The number of rotatable bonds is 5. The highest BCUT2D eigenvalue weighted by molar-refractivity contribution is 5.78. The number of benzene rings is 1. The SMILES string of the molecule is CC(N)C1CCCCN1CC(=O)NCc1ccccc1. The van der Waals surface area contributed by atoms with Crippen molar-refractivity contribution in [2.75, 3.05) is 13.1 Å². The maximum absolute atomic E-state index is 12.1. The van der Waals surface area contributed by atoms with Gasteiger partial charge in [-0.25, -0.2) is 0 Å². The number of amides is 1. The number of likely N-dealkylation sites (tertiary alicyclic amines) is 1. The summed E-state index contributed by atoms with van der Waals surface area (Å²) >= 11 is 0. The van der Waals surface area contributed by atoms with E-state index in [1.54, 1.807) is 0 Å². The number of carbonyl (C=O) groups is 1. The molecular formula is C16H25N3O. The van der Waals surface area contributed by atoms with Gasteiger partial charge in [-0.2, -0.15) is 0 Å². The monoisotopic (exact) mass is 275 g/mol. The van der Waals surface area contributed by atoms with E-state index in [0.717, 1.165) is 24.9 Å². The Morgan fingerprint density at radius 2 is 2.15 bits per heavy atom. The van der Waals surface area contributed by atoms with Crippen LogP contribution in [0.5, 0.6) is 0 Å². The van der Waals surface area contributed by atoms with E-state index in [4.69, 9.17) is 5.73 Å². The van der Waals surface area contributed by atoms with Crippen LogP contribution in [0.25, 0.3) is 0 Å². The Balaban J connectivity index is 1.81. The Morgan fingerprint density at radius 3 is 2.85 bits per heavy atom. The van der Waals surface area contributed by atoms with Gasteiger partial charge in [-0.1, -0.05) is 36.8 Å². The van der Waals surface area contributed by atoms with Crippen molar-refractivity contribution < 1.29 is 4.79 Å². The van der Waals surface area contributed by atoms with Crippen LogP contribution in [0.2, 0.25) is 0 Å². The van der Waals surface area contributed by atoms with Crippen molar-refractivity contribution in [3.05, 3.63) is 35.9 Å². The Morgan fingerprint density at radius 1 is 1.40 bits per heavy atom. The smallest absolute Gasteiger partial charge is 0.234 e. The summed E-state index contributed by atoms with van der Waals surface area (Å²) in [6.07, 6.45) is 3.48. The highest BCUT2D eigenvalue weighted by Crippen LogP contribution is 2.18. The van der Waals surface area contributed by atoms with E-state index >= 15 is 0 Å². The molecule has 3 N–H and O–H groups in total. The lowest BCUT2D eigenvalue weighted by atomic mass is 9.97. The number of hydrogen-bond donors (Lipinski definition) is 2. The number of nitrogens with two attached hydrogens (primary N) is 1. The van der Waals surface area contributed by atoms with Crippen LogP contribution >= 0.6 is 0 Å². The fourth-order valence-electron chi connectivity index (χ4n) is 2.85. The maximum Gasteiger partial charge on any atom is 0.234 e. The van der Waals surface area contributed by atoms with Crippen molar-refractivity contribution in [2.24, 2.45) is 5.73 Å². The average Bonchev–Trinajstić information content (AvgIpc) is 2.46. The Bertz CT molecular complexity index is 419. The highest BCUT2D eigenvalue weighted by Gasteiger charge is 2.26. The third kappa shape index (κ3) is 4.32.